The van der Waals surface area contributed by atoms with Gasteiger partial charge in [0.05, 0.1) is 24.2 Å². The van der Waals surface area contributed by atoms with Crippen LogP contribution in [0.15, 0.2) is 77.0 Å². The molecule has 3 heterocycles. The van der Waals surface area contributed by atoms with E-state index in [9.17, 15) is 4.79 Å². The van der Waals surface area contributed by atoms with Gasteiger partial charge in [-0.3, -0.25) is 4.79 Å². The van der Waals surface area contributed by atoms with Gasteiger partial charge in [0.25, 0.3) is 5.91 Å². The summed E-state index contributed by atoms with van der Waals surface area (Å²) in [7, 11) is 0. The molecule has 0 spiro atoms. The van der Waals surface area contributed by atoms with Gasteiger partial charge in [-0.1, -0.05) is 35.9 Å². The number of carbonyl (C=O) groups is 1. The summed E-state index contributed by atoms with van der Waals surface area (Å²) in [6.45, 7) is 3.62. The number of aromatic nitrogens is 2. The van der Waals surface area contributed by atoms with Gasteiger partial charge in [-0.15, -0.1) is 11.3 Å². The normalized spacial score (nSPS) is 10.9. The van der Waals surface area contributed by atoms with Crippen molar-refractivity contribution in [2.24, 2.45) is 0 Å². The smallest absolute Gasteiger partial charge is 0.264 e. The van der Waals surface area contributed by atoms with Gasteiger partial charge in [-0.25, -0.2) is 4.98 Å². The van der Waals surface area contributed by atoms with Crippen molar-refractivity contribution in [1.29, 1.82) is 0 Å². The fraction of sp³-hybridized carbons (Fsp3) is 0.182. The second kappa shape index (κ2) is 8.27. The number of rotatable bonds is 7. The predicted molar refractivity (Wildman–Crippen MR) is 109 cm³/mol. The van der Waals surface area contributed by atoms with Crippen LogP contribution >= 0.6 is 11.3 Å². The van der Waals surface area contributed by atoms with Gasteiger partial charge in [-0.05, 0) is 36.1 Å². The largest absolute Gasteiger partial charge is 0.467 e. The van der Waals surface area contributed by atoms with Crippen molar-refractivity contribution < 1.29 is 9.21 Å². The van der Waals surface area contributed by atoms with Crippen LogP contribution in [0, 0.1) is 6.92 Å². The van der Waals surface area contributed by atoms with Crippen LogP contribution in [0.25, 0.3) is 0 Å². The molecule has 28 heavy (non-hydrogen) atoms. The molecule has 0 aliphatic carbocycles. The summed E-state index contributed by atoms with van der Waals surface area (Å²) in [5.41, 5.74) is 2.44. The Bertz CT molecular complexity index is 1020. The van der Waals surface area contributed by atoms with Gasteiger partial charge in [0.2, 0.25) is 0 Å². The minimum Gasteiger partial charge on any atom is -0.467 e. The summed E-state index contributed by atoms with van der Waals surface area (Å²) in [6.07, 6.45) is 5.36. The SMILES string of the molecule is Cc1ccc(Cn2ccnc2CN(Cc2ccco2)C(=O)c2cccs2)cc1. The molecule has 0 saturated heterocycles. The van der Waals surface area contributed by atoms with E-state index >= 15 is 0 Å². The van der Waals surface area contributed by atoms with Crippen LogP contribution in [-0.2, 0) is 19.6 Å². The third-order valence-electron chi connectivity index (χ3n) is 4.55. The first kappa shape index (κ1) is 18.3. The van der Waals surface area contributed by atoms with Crippen LogP contribution in [0.3, 0.4) is 0 Å². The van der Waals surface area contributed by atoms with Gasteiger partial charge in [0.1, 0.15) is 11.6 Å². The molecule has 0 bridgehead atoms. The fourth-order valence-electron chi connectivity index (χ4n) is 3.04. The Hall–Kier alpha value is -3.12. The van der Waals surface area contributed by atoms with Gasteiger partial charge in [0.15, 0.2) is 0 Å². The third kappa shape index (κ3) is 4.23. The van der Waals surface area contributed by atoms with Crippen LogP contribution < -0.4 is 0 Å². The predicted octanol–water partition coefficient (Wildman–Crippen LogP) is 4.74. The van der Waals surface area contributed by atoms with Crippen molar-refractivity contribution in [2.75, 3.05) is 0 Å². The van der Waals surface area contributed by atoms with Crippen LogP contribution in [0.2, 0.25) is 0 Å². The third-order valence-corrected chi connectivity index (χ3v) is 5.41. The number of carbonyl (C=O) groups excluding carboxylic acids is 1. The topological polar surface area (TPSA) is 51.3 Å². The maximum absolute atomic E-state index is 13.0. The minimum atomic E-state index is -0.0173. The lowest BCUT2D eigenvalue weighted by molar-refractivity contribution is 0.0716. The zero-order valence-electron chi connectivity index (χ0n) is 15.6. The maximum Gasteiger partial charge on any atom is 0.264 e. The molecule has 0 radical (unpaired) electrons. The number of thiophene rings is 1. The molecule has 0 aliphatic rings. The summed E-state index contributed by atoms with van der Waals surface area (Å²) in [6, 6.07) is 15.9. The van der Waals surface area contributed by atoms with E-state index in [1.54, 1.807) is 17.4 Å². The lowest BCUT2D eigenvalue weighted by atomic mass is 10.1. The number of imidazole rings is 1. The van der Waals surface area contributed by atoms with E-state index in [1.807, 2.05) is 35.8 Å². The molecule has 1 amide bonds. The number of hydrogen-bond donors (Lipinski definition) is 0. The monoisotopic (exact) mass is 391 g/mol. The Morgan fingerprint density at radius 3 is 2.71 bits per heavy atom. The molecule has 3 aromatic heterocycles. The fourth-order valence-corrected chi connectivity index (χ4v) is 3.73. The van der Waals surface area contributed by atoms with Crippen molar-refractivity contribution >= 4 is 17.2 Å². The summed E-state index contributed by atoms with van der Waals surface area (Å²) in [4.78, 5) is 20.0. The molecule has 142 valence electrons. The summed E-state index contributed by atoms with van der Waals surface area (Å²) < 4.78 is 7.55. The number of hydrogen-bond acceptors (Lipinski definition) is 4. The molecule has 0 aliphatic heterocycles. The highest BCUT2D eigenvalue weighted by atomic mass is 32.1. The number of furan rings is 1. The van der Waals surface area contributed by atoms with Crippen molar-refractivity contribution in [3.8, 4) is 0 Å². The number of aryl methyl sites for hydroxylation is 1. The van der Waals surface area contributed by atoms with Crippen molar-refractivity contribution in [3.63, 3.8) is 0 Å². The Morgan fingerprint density at radius 1 is 1.14 bits per heavy atom. The minimum absolute atomic E-state index is 0.0173. The van der Waals surface area contributed by atoms with E-state index in [2.05, 4.69) is 40.7 Å². The summed E-state index contributed by atoms with van der Waals surface area (Å²) in [5, 5.41) is 1.91. The van der Waals surface area contributed by atoms with E-state index in [0.717, 1.165) is 18.1 Å². The van der Waals surface area contributed by atoms with Crippen LogP contribution in [0.1, 0.15) is 32.4 Å². The molecule has 5 nitrogen and oxygen atoms in total. The Labute approximate surface area is 167 Å². The summed E-state index contributed by atoms with van der Waals surface area (Å²) >= 11 is 1.44. The first-order valence-corrected chi connectivity index (χ1v) is 9.98. The van der Waals surface area contributed by atoms with Gasteiger partial charge >= 0.3 is 0 Å². The second-order valence-electron chi connectivity index (χ2n) is 6.67. The van der Waals surface area contributed by atoms with E-state index < -0.39 is 0 Å². The molecule has 0 saturated carbocycles. The van der Waals surface area contributed by atoms with Crippen LogP contribution in [-0.4, -0.2) is 20.4 Å². The highest BCUT2D eigenvalue weighted by Gasteiger charge is 2.20. The standard InChI is InChI=1S/C22H21N3O2S/c1-17-6-8-18(9-7-17)14-24-11-10-23-21(24)16-25(15-19-4-2-12-27-19)22(26)20-5-3-13-28-20/h2-13H,14-16H2,1H3. The first-order valence-electron chi connectivity index (χ1n) is 9.10. The van der Waals surface area contributed by atoms with Gasteiger partial charge < -0.3 is 13.9 Å². The molecule has 6 heteroatoms. The van der Waals surface area contributed by atoms with Crippen molar-refractivity contribution in [1.82, 2.24) is 14.5 Å². The number of amides is 1. The molecule has 0 atom stereocenters. The van der Waals surface area contributed by atoms with E-state index in [0.29, 0.717) is 18.0 Å². The number of benzene rings is 1. The zero-order valence-corrected chi connectivity index (χ0v) is 16.4. The summed E-state index contributed by atoms with van der Waals surface area (Å²) in [5.74, 6) is 1.58. The molecule has 4 rings (SSSR count). The molecule has 1 aromatic carbocycles. The van der Waals surface area contributed by atoms with Crippen molar-refractivity contribution in [3.05, 3.63) is 100 Å². The van der Waals surface area contributed by atoms with E-state index in [4.69, 9.17) is 4.42 Å². The Balaban J connectivity index is 1.56. The molecule has 0 N–H and O–H groups in total. The average molecular weight is 391 g/mol. The van der Waals surface area contributed by atoms with Crippen LogP contribution in [0.5, 0.6) is 0 Å². The van der Waals surface area contributed by atoms with Gasteiger partial charge in [-0.2, -0.15) is 0 Å². The Kier molecular flexibility index (Phi) is 5.39. The molecular weight excluding hydrogens is 370 g/mol. The maximum atomic E-state index is 13.0. The molecule has 4 aromatic rings. The average Bonchev–Trinajstić information content (AvgIpc) is 3.46. The highest BCUT2D eigenvalue weighted by molar-refractivity contribution is 7.12. The Morgan fingerprint density at radius 2 is 2.00 bits per heavy atom. The molecular formula is C22H21N3O2S. The number of nitrogens with zero attached hydrogens (tertiary/aromatic N) is 3. The first-order chi connectivity index (χ1) is 13.7. The molecule has 0 fully saturated rings. The quantitative estimate of drug-likeness (QED) is 0.457. The highest BCUT2D eigenvalue weighted by Crippen LogP contribution is 2.18. The van der Waals surface area contributed by atoms with Gasteiger partial charge in [0, 0.05) is 18.9 Å². The van der Waals surface area contributed by atoms with Crippen LogP contribution in [0.4, 0.5) is 0 Å². The van der Waals surface area contributed by atoms with E-state index in [-0.39, 0.29) is 5.91 Å². The van der Waals surface area contributed by atoms with Crippen molar-refractivity contribution in [2.45, 2.75) is 26.6 Å². The van der Waals surface area contributed by atoms with E-state index in [1.165, 1.54) is 22.5 Å². The lowest BCUT2D eigenvalue weighted by Crippen LogP contribution is -2.30. The molecule has 0 unspecified atom stereocenters. The zero-order chi connectivity index (χ0) is 19.3. The second-order valence-corrected chi connectivity index (χ2v) is 7.62. The lowest BCUT2D eigenvalue weighted by Gasteiger charge is -2.21.